The monoisotopic (exact) mass is 261 g/mol. The molecular formula is C14H19N3O2. The zero-order chi connectivity index (χ0) is 12.8. The minimum absolute atomic E-state index is 0.0426. The van der Waals surface area contributed by atoms with Crippen LogP contribution < -0.4 is 5.56 Å². The predicted molar refractivity (Wildman–Crippen MR) is 70.1 cm³/mol. The van der Waals surface area contributed by atoms with Gasteiger partial charge in [0, 0.05) is 24.6 Å². The van der Waals surface area contributed by atoms with Gasteiger partial charge in [0.1, 0.15) is 11.9 Å². The highest BCUT2D eigenvalue weighted by Crippen LogP contribution is 2.38. The van der Waals surface area contributed by atoms with Crippen molar-refractivity contribution >= 4 is 0 Å². The molecule has 3 aliphatic rings. The first kappa shape index (κ1) is 11.6. The van der Waals surface area contributed by atoms with Gasteiger partial charge in [-0.1, -0.05) is 0 Å². The van der Waals surface area contributed by atoms with Crippen LogP contribution >= 0.6 is 0 Å². The van der Waals surface area contributed by atoms with Crippen molar-refractivity contribution in [3.63, 3.8) is 0 Å². The van der Waals surface area contributed by atoms with Gasteiger partial charge >= 0.3 is 0 Å². The fourth-order valence-corrected chi connectivity index (χ4v) is 3.22. The number of morpholine rings is 1. The Morgan fingerprint density at radius 2 is 2.26 bits per heavy atom. The minimum atomic E-state index is -0.0688. The molecule has 0 bridgehead atoms. The Morgan fingerprint density at radius 1 is 1.37 bits per heavy atom. The van der Waals surface area contributed by atoms with Gasteiger partial charge in [0.15, 0.2) is 0 Å². The normalized spacial score (nSPS) is 31.4. The van der Waals surface area contributed by atoms with E-state index in [1.54, 1.807) is 6.07 Å². The third-order valence-electron chi connectivity index (χ3n) is 4.47. The summed E-state index contributed by atoms with van der Waals surface area (Å²) in [5, 5.41) is 0. The van der Waals surface area contributed by atoms with Crippen LogP contribution in [0.15, 0.2) is 10.9 Å². The summed E-state index contributed by atoms with van der Waals surface area (Å²) >= 11 is 0. The van der Waals surface area contributed by atoms with Crippen molar-refractivity contribution in [2.75, 3.05) is 19.7 Å². The Balaban J connectivity index is 1.59. The molecule has 0 aromatic carbocycles. The summed E-state index contributed by atoms with van der Waals surface area (Å²) in [5.41, 5.74) is 0.907. The van der Waals surface area contributed by atoms with Gasteiger partial charge in [0.2, 0.25) is 0 Å². The Hall–Kier alpha value is -1.20. The lowest BCUT2D eigenvalue weighted by atomic mass is 10.1. The second kappa shape index (κ2) is 4.42. The molecule has 0 spiro atoms. The van der Waals surface area contributed by atoms with Crippen LogP contribution in [0.2, 0.25) is 0 Å². The maximum atomic E-state index is 11.7. The highest BCUT2D eigenvalue weighted by atomic mass is 16.5. The van der Waals surface area contributed by atoms with E-state index in [0.29, 0.717) is 12.0 Å². The summed E-state index contributed by atoms with van der Waals surface area (Å²) in [6.45, 7) is 2.78. The standard InChI is InChI=1S/C14H19N3O2/c18-13-6-11(9-3-4-9)15-14(16-13)12-7-17-5-1-2-10(17)8-19-12/h6,9-10,12H,1-5,7-8H2,(H,15,16,18). The first-order valence-electron chi connectivity index (χ1n) is 7.26. The predicted octanol–water partition coefficient (Wildman–Crippen LogP) is 1.18. The van der Waals surface area contributed by atoms with Crippen molar-refractivity contribution in [2.24, 2.45) is 0 Å². The van der Waals surface area contributed by atoms with Gasteiger partial charge in [-0.05, 0) is 32.2 Å². The Labute approximate surface area is 112 Å². The van der Waals surface area contributed by atoms with Crippen LogP contribution in [0.5, 0.6) is 0 Å². The average Bonchev–Trinajstić information content (AvgIpc) is 3.16. The molecule has 2 aliphatic heterocycles. The van der Waals surface area contributed by atoms with E-state index in [2.05, 4.69) is 14.9 Å². The molecule has 2 saturated heterocycles. The van der Waals surface area contributed by atoms with E-state index in [4.69, 9.17) is 4.74 Å². The molecule has 1 aromatic rings. The molecule has 0 amide bonds. The number of nitrogens with one attached hydrogen (secondary N) is 1. The molecular weight excluding hydrogens is 242 g/mol. The molecule has 1 N–H and O–H groups in total. The molecule has 1 aromatic heterocycles. The SMILES string of the molecule is O=c1cc(C2CC2)nc(C2CN3CCCC3CO2)[nH]1. The Bertz CT molecular complexity index is 538. The number of H-pyrrole nitrogens is 1. The van der Waals surface area contributed by atoms with Crippen LogP contribution in [0, 0.1) is 0 Å². The number of hydrogen-bond donors (Lipinski definition) is 1. The van der Waals surface area contributed by atoms with Gasteiger partial charge < -0.3 is 9.72 Å². The van der Waals surface area contributed by atoms with E-state index in [1.165, 1.54) is 12.8 Å². The highest BCUT2D eigenvalue weighted by molar-refractivity contribution is 5.15. The van der Waals surface area contributed by atoms with E-state index >= 15 is 0 Å². The molecule has 3 fully saturated rings. The van der Waals surface area contributed by atoms with Gasteiger partial charge in [-0.15, -0.1) is 0 Å². The second-order valence-electron chi connectivity index (χ2n) is 5.94. The number of nitrogens with zero attached hydrogens (tertiary/aromatic N) is 2. The van der Waals surface area contributed by atoms with Crippen LogP contribution in [0.25, 0.3) is 0 Å². The van der Waals surface area contributed by atoms with E-state index in [1.807, 2.05) is 0 Å². The van der Waals surface area contributed by atoms with Crippen LogP contribution in [0.4, 0.5) is 0 Å². The third kappa shape index (κ3) is 2.21. The number of aromatic amines is 1. The molecule has 1 aliphatic carbocycles. The number of ether oxygens (including phenoxy) is 1. The molecule has 102 valence electrons. The number of rotatable bonds is 2. The summed E-state index contributed by atoms with van der Waals surface area (Å²) < 4.78 is 5.91. The topological polar surface area (TPSA) is 58.2 Å². The van der Waals surface area contributed by atoms with Crippen LogP contribution in [0.1, 0.15) is 49.2 Å². The first-order chi connectivity index (χ1) is 9.29. The second-order valence-corrected chi connectivity index (χ2v) is 5.94. The smallest absolute Gasteiger partial charge is 0.251 e. The summed E-state index contributed by atoms with van der Waals surface area (Å²) in [4.78, 5) is 21.7. The van der Waals surface area contributed by atoms with Crippen LogP contribution in [-0.4, -0.2) is 40.6 Å². The highest BCUT2D eigenvalue weighted by Gasteiger charge is 2.34. The molecule has 1 saturated carbocycles. The maximum Gasteiger partial charge on any atom is 0.251 e. The van der Waals surface area contributed by atoms with Crippen molar-refractivity contribution in [1.82, 2.24) is 14.9 Å². The molecule has 2 atom stereocenters. The number of fused-ring (bicyclic) bond motifs is 1. The summed E-state index contributed by atoms with van der Waals surface area (Å²) in [6.07, 6.45) is 4.75. The maximum absolute atomic E-state index is 11.7. The van der Waals surface area contributed by atoms with Gasteiger partial charge in [-0.3, -0.25) is 9.69 Å². The fourth-order valence-electron chi connectivity index (χ4n) is 3.22. The molecule has 4 rings (SSSR count). The summed E-state index contributed by atoms with van der Waals surface area (Å²) in [5.74, 6) is 1.23. The average molecular weight is 261 g/mol. The fraction of sp³-hybridized carbons (Fsp3) is 0.714. The van der Waals surface area contributed by atoms with Crippen molar-refractivity contribution in [3.8, 4) is 0 Å². The van der Waals surface area contributed by atoms with E-state index in [-0.39, 0.29) is 11.7 Å². The lowest BCUT2D eigenvalue weighted by Crippen LogP contribution is -2.43. The van der Waals surface area contributed by atoms with Crippen molar-refractivity contribution < 1.29 is 4.74 Å². The van der Waals surface area contributed by atoms with Gasteiger partial charge in [-0.25, -0.2) is 4.98 Å². The molecule has 5 nitrogen and oxygen atoms in total. The van der Waals surface area contributed by atoms with Crippen LogP contribution in [0.3, 0.4) is 0 Å². The van der Waals surface area contributed by atoms with Gasteiger partial charge in [0.05, 0.1) is 12.3 Å². The zero-order valence-electron chi connectivity index (χ0n) is 11.0. The zero-order valence-corrected chi connectivity index (χ0v) is 11.0. The van der Waals surface area contributed by atoms with E-state index < -0.39 is 0 Å². The molecule has 19 heavy (non-hydrogen) atoms. The minimum Gasteiger partial charge on any atom is -0.367 e. The summed E-state index contributed by atoms with van der Waals surface area (Å²) in [7, 11) is 0. The van der Waals surface area contributed by atoms with E-state index in [9.17, 15) is 4.79 Å². The van der Waals surface area contributed by atoms with Gasteiger partial charge in [-0.2, -0.15) is 0 Å². The number of hydrogen-bond acceptors (Lipinski definition) is 4. The quantitative estimate of drug-likeness (QED) is 0.868. The number of aromatic nitrogens is 2. The van der Waals surface area contributed by atoms with Crippen molar-refractivity contribution in [1.29, 1.82) is 0 Å². The lowest BCUT2D eigenvalue weighted by molar-refractivity contribution is -0.0543. The largest absolute Gasteiger partial charge is 0.367 e. The van der Waals surface area contributed by atoms with Crippen molar-refractivity contribution in [2.45, 2.75) is 43.7 Å². The first-order valence-corrected chi connectivity index (χ1v) is 7.26. The Kier molecular flexibility index (Phi) is 2.70. The molecule has 5 heteroatoms. The lowest BCUT2D eigenvalue weighted by Gasteiger charge is -2.34. The van der Waals surface area contributed by atoms with Crippen LogP contribution in [-0.2, 0) is 4.74 Å². The van der Waals surface area contributed by atoms with Crippen molar-refractivity contribution in [3.05, 3.63) is 27.9 Å². The Morgan fingerprint density at radius 3 is 3.11 bits per heavy atom. The van der Waals surface area contributed by atoms with E-state index in [0.717, 1.165) is 44.1 Å². The molecule has 2 unspecified atom stereocenters. The summed E-state index contributed by atoms with van der Waals surface area (Å²) in [6, 6.07) is 2.22. The third-order valence-corrected chi connectivity index (χ3v) is 4.47. The van der Waals surface area contributed by atoms with Gasteiger partial charge in [0.25, 0.3) is 5.56 Å². The molecule has 3 heterocycles. The molecule has 0 radical (unpaired) electrons.